The fourth-order valence-electron chi connectivity index (χ4n) is 0.839. The van der Waals surface area contributed by atoms with Gasteiger partial charge in [-0.15, -0.1) is 0 Å². The summed E-state index contributed by atoms with van der Waals surface area (Å²) in [7, 11) is 1.88. The zero-order valence-corrected chi connectivity index (χ0v) is 9.20. The van der Waals surface area contributed by atoms with Gasteiger partial charge in [0, 0.05) is 35.8 Å². The SMILES string of the molecule is Cn1ccc(-c2nc(I)ns2)n1. The zero-order chi connectivity index (χ0) is 8.55. The smallest absolute Gasteiger partial charge is 0.203 e. The fraction of sp³-hybridized carbons (Fsp3) is 0.167. The first-order valence-electron chi connectivity index (χ1n) is 3.25. The molecule has 0 N–H and O–H groups in total. The maximum Gasteiger partial charge on any atom is 0.203 e. The molecule has 12 heavy (non-hydrogen) atoms. The Hall–Kier alpha value is -0.500. The van der Waals surface area contributed by atoms with Gasteiger partial charge in [0.05, 0.1) is 0 Å². The monoisotopic (exact) mass is 292 g/mol. The minimum atomic E-state index is 0.776. The summed E-state index contributed by atoms with van der Waals surface area (Å²) in [5, 5.41) is 5.09. The van der Waals surface area contributed by atoms with Crippen molar-refractivity contribution in [1.82, 2.24) is 19.1 Å². The van der Waals surface area contributed by atoms with Gasteiger partial charge in [-0.25, -0.2) is 4.98 Å². The Bertz CT molecular complexity index is 355. The average Bonchev–Trinajstić information content (AvgIpc) is 2.58. The zero-order valence-electron chi connectivity index (χ0n) is 6.23. The molecule has 0 saturated carbocycles. The van der Waals surface area contributed by atoms with Gasteiger partial charge in [-0.05, 0) is 17.6 Å². The van der Waals surface area contributed by atoms with E-state index in [0.717, 1.165) is 14.5 Å². The number of aryl methyl sites for hydroxylation is 1. The predicted molar refractivity (Wildman–Crippen MR) is 54.8 cm³/mol. The molecule has 0 aliphatic carbocycles. The van der Waals surface area contributed by atoms with Crippen molar-refractivity contribution in [2.45, 2.75) is 0 Å². The van der Waals surface area contributed by atoms with E-state index >= 15 is 0 Å². The van der Waals surface area contributed by atoms with Crippen molar-refractivity contribution in [1.29, 1.82) is 0 Å². The van der Waals surface area contributed by atoms with Gasteiger partial charge in [-0.3, -0.25) is 4.68 Å². The number of halogens is 1. The lowest BCUT2D eigenvalue weighted by atomic mass is 10.5. The predicted octanol–water partition coefficient (Wildman–Crippen LogP) is 1.54. The Morgan fingerprint density at radius 2 is 2.42 bits per heavy atom. The van der Waals surface area contributed by atoms with Gasteiger partial charge in [-0.1, -0.05) is 0 Å². The summed E-state index contributed by atoms with van der Waals surface area (Å²) in [6, 6.07) is 1.93. The van der Waals surface area contributed by atoms with E-state index < -0.39 is 0 Å². The van der Waals surface area contributed by atoms with Crippen LogP contribution in [0.1, 0.15) is 0 Å². The van der Waals surface area contributed by atoms with E-state index in [4.69, 9.17) is 0 Å². The Balaban J connectivity index is 2.43. The van der Waals surface area contributed by atoms with Crippen molar-refractivity contribution in [3.05, 3.63) is 16.1 Å². The van der Waals surface area contributed by atoms with Gasteiger partial charge >= 0.3 is 0 Å². The molecule has 0 fully saturated rings. The minimum absolute atomic E-state index is 0.776. The third-order valence-electron chi connectivity index (χ3n) is 1.33. The lowest BCUT2D eigenvalue weighted by Crippen LogP contribution is -1.87. The molecule has 0 spiro atoms. The van der Waals surface area contributed by atoms with Gasteiger partial charge in [0.1, 0.15) is 5.69 Å². The summed E-state index contributed by atoms with van der Waals surface area (Å²) in [6.45, 7) is 0. The van der Waals surface area contributed by atoms with Crippen LogP contribution in [0.4, 0.5) is 0 Å². The van der Waals surface area contributed by atoms with Crippen LogP contribution >= 0.6 is 34.1 Å². The average molecular weight is 292 g/mol. The number of rotatable bonds is 1. The van der Waals surface area contributed by atoms with Crippen LogP contribution in [0.15, 0.2) is 12.3 Å². The van der Waals surface area contributed by atoms with E-state index in [2.05, 4.69) is 37.0 Å². The number of aromatic nitrogens is 4. The molecule has 0 atom stereocenters. The second kappa shape index (κ2) is 3.09. The second-order valence-electron chi connectivity index (χ2n) is 2.24. The van der Waals surface area contributed by atoms with Crippen molar-refractivity contribution in [2.24, 2.45) is 7.05 Å². The van der Waals surface area contributed by atoms with Crippen LogP contribution in [0.5, 0.6) is 0 Å². The third kappa shape index (κ3) is 1.48. The van der Waals surface area contributed by atoms with Crippen molar-refractivity contribution in [2.75, 3.05) is 0 Å². The van der Waals surface area contributed by atoms with Crippen LogP contribution in [0, 0.1) is 3.83 Å². The normalized spacial score (nSPS) is 10.5. The van der Waals surface area contributed by atoms with Crippen molar-refractivity contribution in [3.63, 3.8) is 0 Å². The number of nitrogens with zero attached hydrogens (tertiary/aromatic N) is 4. The van der Waals surface area contributed by atoms with Gasteiger partial charge in [0.2, 0.25) is 3.83 Å². The molecule has 6 heteroatoms. The lowest BCUT2D eigenvalue weighted by molar-refractivity contribution is 0.770. The summed E-state index contributed by atoms with van der Waals surface area (Å²) >= 11 is 3.46. The summed E-state index contributed by atoms with van der Waals surface area (Å²) in [5.74, 6) is 0. The first-order valence-corrected chi connectivity index (χ1v) is 5.10. The van der Waals surface area contributed by atoms with E-state index in [9.17, 15) is 0 Å². The Kier molecular flexibility index (Phi) is 2.09. The molecule has 0 aliphatic rings. The quantitative estimate of drug-likeness (QED) is 0.749. The summed E-state index contributed by atoms with van der Waals surface area (Å²) in [5.41, 5.74) is 0.887. The van der Waals surface area contributed by atoms with Gasteiger partial charge in [0.25, 0.3) is 0 Å². The first-order chi connectivity index (χ1) is 5.75. The maximum atomic E-state index is 4.22. The molecule has 2 aromatic rings. The van der Waals surface area contributed by atoms with Crippen molar-refractivity contribution in [3.8, 4) is 10.7 Å². The van der Waals surface area contributed by atoms with E-state index in [1.165, 1.54) is 11.5 Å². The molecule has 0 saturated heterocycles. The van der Waals surface area contributed by atoms with E-state index in [1.807, 2.05) is 19.3 Å². The summed E-state index contributed by atoms with van der Waals surface area (Å²) in [4.78, 5) is 4.21. The number of hydrogen-bond acceptors (Lipinski definition) is 4. The highest BCUT2D eigenvalue weighted by Gasteiger charge is 2.06. The molecule has 0 amide bonds. The number of hydrogen-bond donors (Lipinski definition) is 0. The summed E-state index contributed by atoms with van der Waals surface area (Å²) < 4.78 is 6.60. The Labute approximate surface area is 86.9 Å². The molecule has 2 aromatic heterocycles. The standard InChI is InChI=1S/C6H5IN4S/c1-11-3-2-4(9-11)5-8-6(7)10-12-5/h2-3H,1H3. The molecular formula is C6H5IN4S. The van der Waals surface area contributed by atoms with Crippen LogP contribution in [0.2, 0.25) is 0 Å². The second-order valence-corrected chi connectivity index (χ2v) is 3.96. The molecular weight excluding hydrogens is 287 g/mol. The van der Waals surface area contributed by atoms with Crippen LogP contribution in [0.3, 0.4) is 0 Å². The van der Waals surface area contributed by atoms with E-state index in [1.54, 1.807) is 4.68 Å². The molecule has 0 aliphatic heterocycles. The van der Waals surface area contributed by atoms with Gasteiger partial charge in [-0.2, -0.15) is 9.47 Å². The molecule has 0 unspecified atom stereocenters. The van der Waals surface area contributed by atoms with Gasteiger partial charge in [0.15, 0.2) is 5.01 Å². The molecule has 4 nitrogen and oxygen atoms in total. The van der Waals surface area contributed by atoms with Crippen LogP contribution in [-0.2, 0) is 7.05 Å². The van der Waals surface area contributed by atoms with Crippen molar-refractivity contribution < 1.29 is 0 Å². The van der Waals surface area contributed by atoms with E-state index in [-0.39, 0.29) is 0 Å². The topological polar surface area (TPSA) is 43.6 Å². The van der Waals surface area contributed by atoms with Gasteiger partial charge < -0.3 is 0 Å². The molecule has 0 bridgehead atoms. The highest BCUT2D eigenvalue weighted by molar-refractivity contribution is 14.1. The Morgan fingerprint density at radius 3 is 2.92 bits per heavy atom. The molecule has 0 radical (unpaired) electrons. The largest absolute Gasteiger partial charge is 0.275 e. The van der Waals surface area contributed by atoms with E-state index in [0.29, 0.717) is 0 Å². The molecule has 2 heterocycles. The van der Waals surface area contributed by atoms with Crippen LogP contribution in [-0.4, -0.2) is 19.1 Å². The first kappa shape index (κ1) is 8.11. The maximum absolute atomic E-state index is 4.22. The molecule has 0 aromatic carbocycles. The molecule has 2 rings (SSSR count). The Morgan fingerprint density at radius 1 is 1.58 bits per heavy atom. The lowest BCUT2D eigenvalue weighted by Gasteiger charge is -1.85. The third-order valence-corrected chi connectivity index (χ3v) is 2.88. The van der Waals surface area contributed by atoms with Crippen molar-refractivity contribution >= 4 is 34.1 Å². The minimum Gasteiger partial charge on any atom is -0.275 e. The fourth-order valence-corrected chi connectivity index (χ4v) is 2.07. The summed E-state index contributed by atoms with van der Waals surface area (Å²) in [6.07, 6.45) is 1.89. The highest BCUT2D eigenvalue weighted by Crippen LogP contribution is 2.19. The van der Waals surface area contributed by atoms with Crippen LogP contribution in [0.25, 0.3) is 10.7 Å². The highest BCUT2D eigenvalue weighted by atomic mass is 127. The van der Waals surface area contributed by atoms with Crippen LogP contribution < -0.4 is 0 Å². The molecule has 62 valence electrons.